The lowest BCUT2D eigenvalue weighted by Gasteiger charge is -2.14. The van der Waals surface area contributed by atoms with Crippen LogP contribution in [0, 0.1) is 5.82 Å². The first-order chi connectivity index (χ1) is 18.3. The van der Waals surface area contributed by atoms with Crippen LogP contribution >= 0.6 is 0 Å². The third-order valence-corrected chi connectivity index (χ3v) is 5.89. The normalized spacial score (nSPS) is 11.2. The summed E-state index contributed by atoms with van der Waals surface area (Å²) in [5, 5.41) is 2.68. The summed E-state index contributed by atoms with van der Waals surface area (Å²) in [5.74, 6) is -1.21. The molecule has 0 spiro atoms. The molecule has 4 rings (SSSR count). The SMILES string of the molecule is CC(C)OCCCn1ccn2cc(C(=O)NCc3ccc(F)cc3)c(=O)c(OCc3ccccc3)c2c1=O. The maximum absolute atomic E-state index is 13.5. The fourth-order valence-corrected chi connectivity index (χ4v) is 3.93. The molecular weight excluding hydrogens is 489 g/mol. The van der Waals surface area contributed by atoms with Crippen molar-refractivity contribution in [2.24, 2.45) is 0 Å². The van der Waals surface area contributed by atoms with Crippen LogP contribution in [0.1, 0.15) is 41.8 Å². The number of aryl methyl sites for hydroxylation is 1. The van der Waals surface area contributed by atoms with E-state index in [0.29, 0.717) is 25.1 Å². The monoisotopic (exact) mass is 519 g/mol. The Bertz CT molecular complexity index is 1510. The Morgan fingerprint density at radius 3 is 2.45 bits per heavy atom. The van der Waals surface area contributed by atoms with E-state index in [2.05, 4.69) is 5.32 Å². The number of benzene rings is 2. The molecule has 0 bridgehead atoms. The number of fused-ring (bicyclic) bond motifs is 1. The molecule has 0 aliphatic heterocycles. The quantitative estimate of drug-likeness (QED) is 0.303. The fourth-order valence-electron chi connectivity index (χ4n) is 3.93. The van der Waals surface area contributed by atoms with Gasteiger partial charge in [0.25, 0.3) is 11.5 Å². The molecule has 2 aromatic carbocycles. The summed E-state index contributed by atoms with van der Waals surface area (Å²) in [4.78, 5) is 39.9. The van der Waals surface area contributed by atoms with Crippen molar-refractivity contribution in [1.82, 2.24) is 14.3 Å². The van der Waals surface area contributed by atoms with E-state index in [1.165, 1.54) is 27.3 Å². The molecule has 8 nitrogen and oxygen atoms in total. The van der Waals surface area contributed by atoms with E-state index in [-0.39, 0.29) is 41.9 Å². The zero-order valence-corrected chi connectivity index (χ0v) is 21.4. The zero-order chi connectivity index (χ0) is 27.1. The van der Waals surface area contributed by atoms with Crippen LogP contribution in [-0.2, 0) is 24.4 Å². The van der Waals surface area contributed by atoms with Crippen LogP contribution in [0.5, 0.6) is 5.75 Å². The van der Waals surface area contributed by atoms with Crippen LogP contribution in [0.15, 0.2) is 82.8 Å². The Morgan fingerprint density at radius 1 is 1.00 bits per heavy atom. The van der Waals surface area contributed by atoms with E-state index in [4.69, 9.17) is 9.47 Å². The molecule has 198 valence electrons. The van der Waals surface area contributed by atoms with Gasteiger partial charge in [-0.1, -0.05) is 42.5 Å². The third-order valence-electron chi connectivity index (χ3n) is 5.89. The molecule has 0 fully saturated rings. The lowest BCUT2D eigenvalue weighted by molar-refractivity contribution is 0.0747. The number of nitrogens with one attached hydrogen (secondary N) is 1. The Balaban J connectivity index is 1.67. The summed E-state index contributed by atoms with van der Waals surface area (Å²) in [7, 11) is 0. The average molecular weight is 520 g/mol. The predicted octanol–water partition coefficient (Wildman–Crippen LogP) is 3.92. The average Bonchev–Trinajstić information content (AvgIpc) is 2.91. The van der Waals surface area contributed by atoms with Gasteiger partial charge in [-0.25, -0.2) is 4.39 Å². The van der Waals surface area contributed by atoms with Crippen molar-refractivity contribution >= 4 is 11.4 Å². The van der Waals surface area contributed by atoms with Crippen LogP contribution in [0.4, 0.5) is 4.39 Å². The lowest BCUT2D eigenvalue weighted by atomic mass is 10.2. The standard InChI is InChI=1S/C29H30FN3O5/c1-20(2)37-16-6-13-32-14-15-33-18-24(28(35)31-17-21-9-11-23(30)12-10-21)26(34)27(25(33)29(32)36)38-19-22-7-4-3-5-8-22/h3-5,7-12,14-15,18,20H,6,13,16-17,19H2,1-2H3,(H,31,35). The zero-order valence-electron chi connectivity index (χ0n) is 21.4. The van der Waals surface area contributed by atoms with Crippen LogP contribution in [-0.4, -0.2) is 27.6 Å². The first-order valence-corrected chi connectivity index (χ1v) is 12.4. The fraction of sp³-hybridized carbons (Fsp3) is 0.276. The van der Waals surface area contributed by atoms with E-state index in [0.717, 1.165) is 5.56 Å². The Morgan fingerprint density at radius 2 is 1.74 bits per heavy atom. The molecule has 4 aromatic rings. The van der Waals surface area contributed by atoms with Gasteiger partial charge in [0.15, 0.2) is 11.3 Å². The van der Waals surface area contributed by atoms with E-state index >= 15 is 0 Å². The highest BCUT2D eigenvalue weighted by atomic mass is 19.1. The van der Waals surface area contributed by atoms with Crippen LogP contribution in [0.25, 0.3) is 5.52 Å². The minimum Gasteiger partial charge on any atom is -0.483 e. The number of halogens is 1. The Hall–Kier alpha value is -4.24. The first-order valence-electron chi connectivity index (χ1n) is 12.4. The van der Waals surface area contributed by atoms with Crippen LogP contribution < -0.4 is 21.0 Å². The van der Waals surface area contributed by atoms with Gasteiger partial charge in [-0.15, -0.1) is 0 Å². The molecule has 0 aliphatic rings. The molecule has 1 amide bonds. The highest BCUT2D eigenvalue weighted by Crippen LogP contribution is 2.16. The molecular formula is C29H30FN3O5. The van der Waals surface area contributed by atoms with Crippen LogP contribution in [0.3, 0.4) is 0 Å². The van der Waals surface area contributed by atoms with E-state index in [1.807, 2.05) is 44.2 Å². The summed E-state index contributed by atoms with van der Waals surface area (Å²) in [6.45, 7) is 4.92. The molecule has 0 saturated carbocycles. The molecule has 0 unspecified atom stereocenters. The maximum Gasteiger partial charge on any atom is 0.278 e. The predicted molar refractivity (Wildman–Crippen MR) is 142 cm³/mol. The van der Waals surface area contributed by atoms with Crippen molar-refractivity contribution in [2.45, 2.75) is 46.1 Å². The number of hydrogen-bond donors (Lipinski definition) is 1. The van der Waals surface area contributed by atoms with Crippen molar-refractivity contribution in [2.75, 3.05) is 6.61 Å². The van der Waals surface area contributed by atoms with Crippen molar-refractivity contribution < 1.29 is 18.7 Å². The minimum absolute atomic E-state index is 0.0446. The smallest absolute Gasteiger partial charge is 0.278 e. The molecule has 0 atom stereocenters. The molecule has 0 aliphatic carbocycles. The Labute approximate surface area is 219 Å². The lowest BCUT2D eigenvalue weighted by Crippen LogP contribution is -2.32. The number of carbonyl (C=O) groups excluding carboxylic acids is 1. The van der Waals surface area contributed by atoms with Crippen molar-refractivity contribution in [1.29, 1.82) is 0 Å². The van der Waals surface area contributed by atoms with Crippen LogP contribution in [0.2, 0.25) is 0 Å². The molecule has 9 heteroatoms. The largest absolute Gasteiger partial charge is 0.483 e. The topological polar surface area (TPSA) is 91.0 Å². The molecule has 38 heavy (non-hydrogen) atoms. The number of hydrogen-bond acceptors (Lipinski definition) is 5. The second-order valence-electron chi connectivity index (χ2n) is 9.11. The Kier molecular flexibility index (Phi) is 8.70. The summed E-state index contributed by atoms with van der Waals surface area (Å²) >= 11 is 0. The molecule has 0 saturated heterocycles. The summed E-state index contributed by atoms with van der Waals surface area (Å²) in [6.07, 6.45) is 5.26. The van der Waals surface area contributed by atoms with Gasteiger partial charge in [-0.2, -0.15) is 0 Å². The second kappa shape index (κ2) is 12.3. The van der Waals surface area contributed by atoms with Gasteiger partial charge in [0.05, 0.1) is 6.10 Å². The molecule has 1 N–H and O–H groups in total. The van der Waals surface area contributed by atoms with Crippen molar-refractivity contribution in [3.8, 4) is 5.75 Å². The molecule has 2 aromatic heterocycles. The van der Waals surface area contributed by atoms with Gasteiger partial charge in [0, 0.05) is 38.3 Å². The highest BCUT2D eigenvalue weighted by molar-refractivity contribution is 5.94. The van der Waals surface area contributed by atoms with Crippen molar-refractivity contribution in [3.63, 3.8) is 0 Å². The highest BCUT2D eigenvalue weighted by Gasteiger charge is 2.21. The number of nitrogens with zero attached hydrogens (tertiary/aromatic N) is 2. The van der Waals surface area contributed by atoms with Gasteiger partial charge in [0.2, 0.25) is 5.43 Å². The number of rotatable bonds is 11. The number of aromatic nitrogens is 2. The number of carbonyl (C=O) groups is 1. The third kappa shape index (κ3) is 6.54. The molecule has 2 heterocycles. The number of ether oxygens (including phenoxy) is 2. The number of amides is 1. The minimum atomic E-state index is -0.685. The van der Waals surface area contributed by atoms with E-state index in [1.54, 1.807) is 24.5 Å². The maximum atomic E-state index is 13.5. The number of pyridine rings is 1. The second-order valence-corrected chi connectivity index (χ2v) is 9.11. The molecule has 0 radical (unpaired) electrons. The van der Waals surface area contributed by atoms with Gasteiger partial charge >= 0.3 is 0 Å². The van der Waals surface area contributed by atoms with E-state index < -0.39 is 16.9 Å². The van der Waals surface area contributed by atoms with Gasteiger partial charge in [-0.3, -0.25) is 14.4 Å². The summed E-state index contributed by atoms with van der Waals surface area (Å²) < 4.78 is 27.6. The van der Waals surface area contributed by atoms with Gasteiger partial charge in [-0.05, 0) is 43.5 Å². The summed E-state index contributed by atoms with van der Waals surface area (Å²) in [5.41, 5.74) is 0.262. The van der Waals surface area contributed by atoms with Gasteiger partial charge < -0.3 is 23.8 Å². The van der Waals surface area contributed by atoms with Crippen molar-refractivity contribution in [3.05, 3.63) is 116 Å². The summed E-state index contributed by atoms with van der Waals surface area (Å²) in [6, 6.07) is 14.9. The van der Waals surface area contributed by atoms with Gasteiger partial charge in [0.1, 0.15) is 18.0 Å². The first kappa shape index (κ1) is 26.8. The van der Waals surface area contributed by atoms with E-state index in [9.17, 15) is 18.8 Å².